The van der Waals surface area contributed by atoms with Crippen LogP contribution in [0.15, 0.2) is 108 Å². The molecule has 4 fully saturated rings. The van der Waals surface area contributed by atoms with Crippen LogP contribution in [-0.2, 0) is 19.1 Å². The number of nitrogens with one attached hydrogen (secondary N) is 1. The van der Waals surface area contributed by atoms with Crippen LogP contribution >= 0.6 is 11.6 Å². The number of likely N-dealkylation sites (tertiary alicyclic amines) is 1. The number of hydrogen-bond acceptors (Lipinski definition) is 11. The van der Waals surface area contributed by atoms with Gasteiger partial charge in [-0.3, -0.25) is 9.59 Å². The monoisotopic (exact) mass is 1170 g/mol. The van der Waals surface area contributed by atoms with Gasteiger partial charge < -0.3 is 45.8 Å². The molecule has 3 amide bonds. The van der Waals surface area contributed by atoms with Gasteiger partial charge in [0.05, 0.1) is 39.8 Å². The van der Waals surface area contributed by atoms with Crippen molar-refractivity contribution < 1.29 is 71.6 Å². The summed E-state index contributed by atoms with van der Waals surface area (Å²) in [6.07, 6.45) is 28.6. The largest absolute Gasteiger partial charge is 1.00 e. The van der Waals surface area contributed by atoms with Crippen LogP contribution in [0.25, 0.3) is 0 Å². The van der Waals surface area contributed by atoms with E-state index in [9.17, 15) is 19.2 Å². The maximum absolute atomic E-state index is 12.6. The molecule has 84 heavy (non-hydrogen) atoms. The molecule has 2 aromatic rings. The molecule has 2 saturated carbocycles. The van der Waals surface area contributed by atoms with E-state index in [1.54, 1.807) is 14.2 Å². The first-order valence-corrected chi connectivity index (χ1v) is 30.3. The van der Waals surface area contributed by atoms with Crippen LogP contribution < -0.4 is 43.1 Å². The Morgan fingerprint density at radius 1 is 0.714 bits per heavy atom. The number of halogens is 1. The van der Waals surface area contributed by atoms with Gasteiger partial charge in [0.25, 0.3) is 0 Å². The summed E-state index contributed by atoms with van der Waals surface area (Å²) in [6.45, 7) is 25.7. The van der Waals surface area contributed by atoms with Gasteiger partial charge in [-0.05, 0) is 174 Å². The van der Waals surface area contributed by atoms with Crippen LogP contribution in [0.3, 0.4) is 0 Å². The molecule has 3 unspecified atom stereocenters. The van der Waals surface area contributed by atoms with Crippen LogP contribution in [0.1, 0.15) is 187 Å². The van der Waals surface area contributed by atoms with Gasteiger partial charge in [-0.15, -0.1) is 0 Å². The fraction of sp³-hybridized carbons (Fsp3) is 0.565. The van der Waals surface area contributed by atoms with Crippen molar-refractivity contribution in [2.24, 2.45) is 17.8 Å². The molecule has 2 aliphatic heterocycles. The summed E-state index contributed by atoms with van der Waals surface area (Å²) in [5, 5.41) is 11.7. The van der Waals surface area contributed by atoms with Gasteiger partial charge in [-0.1, -0.05) is 87.6 Å². The Bertz CT molecular complexity index is 2540. The number of unbranched alkanes of at least 4 members (excludes halogenated alkanes) is 1. The van der Waals surface area contributed by atoms with E-state index in [1.807, 2.05) is 36.4 Å². The molecule has 5 aliphatic carbocycles. The standard InChI is InChI=1S/C27H35NO5.C16H19NO3.C11H15ClO2.C10H16O.C4H9.CH4.Li/c1-18(2)20-10-8-19(9-11-20)17-32-27(30)28-16-22(15-26(28)29)21-12-13-24(31-3)25(14-21)33-23-6-4-5-7-23;1-19-14-7-6-11(12-9-16(18)17-10-12)8-15(14)20-13-4-2-3-5-13;1-8(2)10-5-3-9(4-6-10)7-14-11(12)13;1-8(2)10-5-3-9(7-11)4-6-10;1-3-4-2;;/h8,12-14,20,22-23H,1,4-7,9-11,15-17H2,2-3H3;2,6-8,12-13H,3-5,9-10H2,1H3;3,10H,1,4-7H2,2H3;3,10-11H,1,4-7H2,2H3;1,3-4H2,2H3;1H4;/q;;;;-1;;+1/p+1/t20-,22?;;2*10-;;;/m1.11.../s1. The number of benzene rings is 2. The maximum Gasteiger partial charge on any atom is 1.00 e. The summed E-state index contributed by atoms with van der Waals surface area (Å²) in [6, 6.07) is 11.8. The number of carbonyl (C=O) groups is 4. The number of hydrogen-bond donors (Lipinski definition) is 2. The molecule has 7 aliphatic rings. The predicted octanol–water partition coefficient (Wildman–Crippen LogP) is 13.4. The summed E-state index contributed by atoms with van der Waals surface area (Å²) in [4.78, 5) is 48.2. The van der Waals surface area contributed by atoms with E-state index in [-0.39, 0.29) is 81.8 Å². The quantitative estimate of drug-likeness (QED) is 0.0672. The fourth-order valence-corrected chi connectivity index (χ4v) is 11.1. The Kier molecular flexibility index (Phi) is 33.6. The minimum Gasteiger partial charge on any atom is -0.493 e. The minimum atomic E-state index is -0.729. The van der Waals surface area contributed by atoms with Crippen LogP contribution in [0, 0.1) is 31.1 Å². The fourth-order valence-electron chi connectivity index (χ4n) is 11.0. The summed E-state index contributed by atoms with van der Waals surface area (Å²) in [7, 11) is 3.29. The van der Waals surface area contributed by atoms with Gasteiger partial charge in [-0.2, -0.15) is 6.42 Å². The third kappa shape index (κ3) is 24.2. The van der Waals surface area contributed by atoms with E-state index in [2.05, 4.69) is 84.3 Å². The number of imide groups is 1. The maximum atomic E-state index is 12.6. The van der Waals surface area contributed by atoms with Crippen molar-refractivity contribution in [3.63, 3.8) is 0 Å². The van der Waals surface area contributed by atoms with Gasteiger partial charge in [0, 0.05) is 55.8 Å². The van der Waals surface area contributed by atoms with Crippen molar-refractivity contribution in [2.75, 3.05) is 47.1 Å². The molecule has 6 atom stereocenters. The molecule has 15 heteroatoms. The SMILES string of the molecule is C.C=C(C)[C@@H]1CC=C(CO)CC1.C=C(C)[C@@H]1CC=C(COC(=O)Cl)CC1.C=C(C)[C@@H]1CC=C(COC(=O)N2CC(c3ccc(OC)c(OC4CCCC4)c3)CC2=O)CC1.COc1ccc(C2CNC(=O)C2)cc1OC1C[CH+]CC1.[CH2-]CCC.[Li+]. The molecule has 458 valence electrons. The van der Waals surface area contributed by atoms with Crippen molar-refractivity contribution in [3.8, 4) is 23.0 Å². The van der Waals surface area contributed by atoms with E-state index < -0.39 is 11.5 Å². The predicted molar refractivity (Wildman–Crippen MR) is 334 cm³/mol. The van der Waals surface area contributed by atoms with Gasteiger partial charge in [0.1, 0.15) is 25.7 Å². The molecule has 0 aromatic heterocycles. The van der Waals surface area contributed by atoms with Crippen LogP contribution in [-0.4, -0.2) is 92.7 Å². The number of methoxy groups -OCH3 is 2. The smallest absolute Gasteiger partial charge is 0.493 e. The molecule has 0 bridgehead atoms. The molecule has 2 saturated heterocycles. The zero-order valence-electron chi connectivity index (χ0n) is 51.2. The zero-order chi connectivity index (χ0) is 59.6. The third-order valence-corrected chi connectivity index (χ3v) is 16.7. The van der Waals surface area contributed by atoms with Crippen LogP contribution in [0.4, 0.5) is 9.59 Å². The molecular formula is C69H99ClLiN2O11+. The number of allylic oxidation sites excluding steroid dienone is 6. The summed E-state index contributed by atoms with van der Waals surface area (Å²) in [5.41, 5.74) is 8.58. The number of nitrogens with zero attached hydrogens (tertiary/aromatic N) is 1. The Morgan fingerprint density at radius 2 is 1.20 bits per heavy atom. The number of aliphatic hydroxyl groups is 1. The second-order valence-corrected chi connectivity index (χ2v) is 23.2. The number of rotatable bonds is 17. The second-order valence-electron chi connectivity index (χ2n) is 22.9. The van der Waals surface area contributed by atoms with E-state index in [1.165, 1.54) is 52.9 Å². The van der Waals surface area contributed by atoms with E-state index in [0.29, 0.717) is 55.4 Å². The van der Waals surface area contributed by atoms with E-state index in [4.69, 9.17) is 45.1 Å². The number of amides is 3. The van der Waals surface area contributed by atoms with Gasteiger partial charge in [-0.25, -0.2) is 14.5 Å². The van der Waals surface area contributed by atoms with E-state index in [0.717, 1.165) is 124 Å². The average Bonchev–Trinajstić information content (AvgIpc) is 4.03. The summed E-state index contributed by atoms with van der Waals surface area (Å²) < 4.78 is 33.3. The minimum absolute atomic E-state index is 0. The van der Waals surface area contributed by atoms with Gasteiger partial charge >= 0.3 is 30.4 Å². The van der Waals surface area contributed by atoms with Crippen LogP contribution in [0.5, 0.6) is 23.0 Å². The van der Waals surface area contributed by atoms with Crippen molar-refractivity contribution in [1.82, 2.24) is 10.2 Å². The van der Waals surface area contributed by atoms with Crippen molar-refractivity contribution in [3.05, 3.63) is 132 Å². The number of ether oxygens (including phenoxy) is 6. The molecule has 0 radical (unpaired) electrons. The summed E-state index contributed by atoms with van der Waals surface area (Å²) in [5.74, 6) is 4.82. The van der Waals surface area contributed by atoms with Gasteiger partial charge in [0.2, 0.25) is 11.8 Å². The topological polar surface area (TPSA) is 159 Å². The van der Waals surface area contributed by atoms with Crippen molar-refractivity contribution in [1.29, 1.82) is 0 Å². The molecule has 9 rings (SSSR count). The molecule has 2 heterocycles. The summed E-state index contributed by atoms with van der Waals surface area (Å²) >= 11 is 5.07. The molecule has 13 nitrogen and oxygen atoms in total. The van der Waals surface area contributed by atoms with Crippen LogP contribution in [0.2, 0.25) is 0 Å². The first kappa shape index (κ1) is 72.9. The molecule has 0 spiro atoms. The zero-order valence-corrected chi connectivity index (χ0v) is 51.9. The first-order chi connectivity index (χ1) is 39.4. The molecule has 2 N–H and O–H groups in total. The van der Waals surface area contributed by atoms with Gasteiger partial charge in [0.15, 0.2) is 23.0 Å². The Hall–Kier alpha value is -5.32. The number of carbonyl (C=O) groups excluding carboxylic acids is 4. The first-order valence-electron chi connectivity index (χ1n) is 29.9. The molecule has 2 aromatic carbocycles. The Labute approximate surface area is 521 Å². The Balaban J connectivity index is 0.000000309. The normalized spacial score (nSPS) is 22.3. The Morgan fingerprint density at radius 3 is 1.61 bits per heavy atom. The second kappa shape index (κ2) is 38.7. The average molecular weight is 1170 g/mol. The molecular weight excluding hydrogens is 1080 g/mol. The number of aliphatic hydroxyl groups excluding tert-OH is 1. The third-order valence-electron chi connectivity index (χ3n) is 16.6. The van der Waals surface area contributed by atoms with Crippen molar-refractivity contribution in [2.45, 2.75) is 188 Å². The van der Waals surface area contributed by atoms with E-state index >= 15 is 0 Å². The van der Waals surface area contributed by atoms with Crippen molar-refractivity contribution >= 4 is 34.9 Å².